The van der Waals surface area contributed by atoms with E-state index >= 15 is 0 Å². The van der Waals surface area contributed by atoms with Gasteiger partial charge in [-0.25, -0.2) is 13.8 Å². The molecule has 1 aromatic heterocycles. The molecular weight excluding hydrogens is 274 g/mol. The van der Waals surface area contributed by atoms with Crippen molar-refractivity contribution in [1.29, 1.82) is 0 Å². The van der Waals surface area contributed by atoms with Gasteiger partial charge < -0.3 is 9.67 Å². The maximum Gasteiger partial charge on any atom is 0.313 e. The minimum atomic E-state index is -2.51. The van der Waals surface area contributed by atoms with Crippen molar-refractivity contribution < 1.29 is 18.7 Å². The summed E-state index contributed by atoms with van der Waals surface area (Å²) in [6.07, 6.45) is -2.51. The molecule has 4 nitrogen and oxygen atoms in total. The fourth-order valence-electron chi connectivity index (χ4n) is 1.77. The van der Waals surface area contributed by atoms with E-state index in [0.29, 0.717) is 16.2 Å². The minimum absolute atomic E-state index is 0.203. The van der Waals surface area contributed by atoms with Crippen molar-refractivity contribution in [2.45, 2.75) is 25.1 Å². The number of carboxylic acids is 1. The zero-order valence-corrected chi connectivity index (χ0v) is 11.0. The van der Waals surface area contributed by atoms with Gasteiger partial charge >= 0.3 is 5.97 Å². The van der Waals surface area contributed by atoms with Gasteiger partial charge in [-0.1, -0.05) is 17.8 Å². The van der Waals surface area contributed by atoms with Crippen molar-refractivity contribution in [2.75, 3.05) is 5.75 Å². The van der Waals surface area contributed by atoms with E-state index in [1.165, 1.54) is 4.57 Å². The van der Waals surface area contributed by atoms with Gasteiger partial charge in [0.25, 0.3) is 6.43 Å². The number of nitrogens with zero attached hydrogens (tertiary/aromatic N) is 2. The lowest BCUT2D eigenvalue weighted by atomic mass is 10.2. The number of aliphatic carboxylic acids is 1. The molecule has 7 heteroatoms. The number of fused-ring (bicyclic) bond motifs is 1. The Bertz CT molecular complexity index is 613. The average Bonchev–Trinajstić information content (AvgIpc) is 2.63. The highest BCUT2D eigenvalue weighted by Gasteiger charge is 2.16. The van der Waals surface area contributed by atoms with Gasteiger partial charge in [-0.15, -0.1) is 0 Å². The molecule has 0 aliphatic carbocycles. The van der Waals surface area contributed by atoms with Gasteiger partial charge in [0.2, 0.25) is 0 Å². The lowest BCUT2D eigenvalue weighted by Gasteiger charge is -2.07. The summed E-state index contributed by atoms with van der Waals surface area (Å²) >= 11 is 0.948. The van der Waals surface area contributed by atoms with Crippen molar-refractivity contribution in [3.63, 3.8) is 0 Å². The lowest BCUT2D eigenvalue weighted by Crippen LogP contribution is -2.09. The summed E-state index contributed by atoms with van der Waals surface area (Å²) in [6, 6.07) is 5.34. The number of aromatic nitrogens is 2. The number of imidazole rings is 1. The number of thioether (sulfide) groups is 1. The number of benzene rings is 1. The molecule has 0 amide bonds. The number of carboxylic acid groups (broad SMARTS) is 1. The summed E-state index contributed by atoms with van der Waals surface area (Å²) in [6.45, 7) is 1.40. The first kappa shape index (κ1) is 13.8. The van der Waals surface area contributed by atoms with Crippen LogP contribution in [0.5, 0.6) is 0 Å². The molecule has 0 fully saturated rings. The molecule has 1 heterocycles. The largest absolute Gasteiger partial charge is 0.481 e. The number of hydrogen-bond donors (Lipinski definition) is 1. The third-order valence-corrected chi connectivity index (χ3v) is 3.48. The lowest BCUT2D eigenvalue weighted by molar-refractivity contribution is -0.133. The van der Waals surface area contributed by atoms with Crippen molar-refractivity contribution in [3.05, 3.63) is 23.8 Å². The van der Waals surface area contributed by atoms with E-state index in [9.17, 15) is 13.6 Å². The first-order valence-corrected chi connectivity index (χ1v) is 6.55. The number of alkyl halides is 2. The Morgan fingerprint density at radius 1 is 1.53 bits per heavy atom. The van der Waals surface area contributed by atoms with Crippen LogP contribution in [-0.2, 0) is 11.3 Å². The molecule has 19 heavy (non-hydrogen) atoms. The van der Waals surface area contributed by atoms with Gasteiger partial charge in [-0.3, -0.25) is 4.79 Å². The summed E-state index contributed by atoms with van der Waals surface area (Å²) in [7, 11) is 0. The van der Waals surface area contributed by atoms with E-state index in [1.54, 1.807) is 12.1 Å². The molecular formula is C12H12F2N2O2S. The maximum atomic E-state index is 12.6. The van der Waals surface area contributed by atoms with Crippen LogP contribution >= 0.6 is 11.8 Å². The molecule has 0 unspecified atom stereocenters. The van der Waals surface area contributed by atoms with Gasteiger partial charge in [-0.05, 0) is 24.6 Å². The molecule has 2 aromatic rings. The quantitative estimate of drug-likeness (QED) is 0.859. The third kappa shape index (κ3) is 3.23. The van der Waals surface area contributed by atoms with E-state index in [0.717, 1.165) is 17.3 Å². The average molecular weight is 286 g/mol. The van der Waals surface area contributed by atoms with Crippen LogP contribution in [0.3, 0.4) is 0 Å². The molecule has 0 radical (unpaired) electrons. The van der Waals surface area contributed by atoms with Gasteiger partial charge in [0.05, 0.1) is 23.3 Å². The molecule has 0 aliphatic rings. The summed E-state index contributed by atoms with van der Waals surface area (Å²) in [5.41, 5.74) is 2.18. The van der Waals surface area contributed by atoms with Crippen molar-refractivity contribution in [3.8, 4) is 0 Å². The van der Waals surface area contributed by atoms with E-state index in [2.05, 4.69) is 4.98 Å². The number of rotatable bonds is 5. The highest BCUT2D eigenvalue weighted by molar-refractivity contribution is 7.99. The van der Waals surface area contributed by atoms with Crippen molar-refractivity contribution >= 4 is 28.8 Å². The fraction of sp³-hybridized carbons (Fsp3) is 0.333. The molecule has 1 N–H and O–H groups in total. The second-order valence-electron chi connectivity index (χ2n) is 4.07. The van der Waals surface area contributed by atoms with Crippen LogP contribution in [-0.4, -0.2) is 32.8 Å². The van der Waals surface area contributed by atoms with Gasteiger partial charge in [0.1, 0.15) is 0 Å². The third-order valence-electron chi connectivity index (χ3n) is 2.51. The van der Waals surface area contributed by atoms with E-state index in [1.807, 2.05) is 13.0 Å². The highest BCUT2D eigenvalue weighted by Crippen LogP contribution is 2.25. The topological polar surface area (TPSA) is 55.1 Å². The maximum absolute atomic E-state index is 12.6. The van der Waals surface area contributed by atoms with Crippen molar-refractivity contribution in [2.24, 2.45) is 0 Å². The fourth-order valence-corrected chi connectivity index (χ4v) is 2.51. The summed E-state index contributed by atoms with van der Waals surface area (Å²) in [5, 5.41) is 8.97. The van der Waals surface area contributed by atoms with Crippen LogP contribution in [0.25, 0.3) is 11.0 Å². The molecule has 0 saturated carbocycles. The Kier molecular flexibility index (Phi) is 4.04. The minimum Gasteiger partial charge on any atom is -0.481 e. The first-order valence-electron chi connectivity index (χ1n) is 5.57. The monoisotopic (exact) mass is 286 g/mol. The van der Waals surface area contributed by atoms with Gasteiger partial charge in [0, 0.05) is 0 Å². The van der Waals surface area contributed by atoms with Crippen LogP contribution in [0.1, 0.15) is 5.56 Å². The molecule has 102 valence electrons. The predicted octanol–water partition coefficient (Wildman–Crippen LogP) is 2.79. The molecule has 0 saturated heterocycles. The smallest absolute Gasteiger partial charge is 0.313 e. The number of halogens is 2. The van der Waals surface area contributed by atoms with Gasteiger partial charge in [0.15, 0.2) is 5.16 Å². The van der Waals surface area contributed by atoms with E-state index < -0.39 is 18.9 Å². The number of carbonyl (C=O) groups is 1. The summed E-state index contributed by atoms with van der Waals surface area (Å²) in [4.78, 5) is 14.8. The molecule has 0 bridgehead atoms. The van der Waals surface area contributed by atoms with Crippen LogP contribution < -0.4 is 0 Å². The first-order chi connectivity index (χ1) is 8.97. The molecule has 1 aromatic carbocycles. The summed E-state index contributed by atoms with van der Waals surface area (Å²) in [5.74, 6) is -1.21. The second-order valence-corrected chi connectivity index (χ2v) is 5.01. The van der Waals surface area contributed by atoms with Crippen LogP contribution in [0.15, 0.2) is 23.4 Å². The molecule has 0 aliphatic heterocycles. The van der Waals surface area contributed by atoms with E-state index in [4.69, 9.17) is 5.11 Å². The number of aryl methyl sites for hydroxylation is 1. The molecule has 0 atom stereocenters. The van der Waals surface area contributed by atoms with Crippen LogP contribution in [0.2, 0.25) is 0 Å². The number of hydrogen-bond acceptors (Lipinski definition) is 3. The predicted molar refractivity (Wildman–Crippen MR) is 68.8 cm³/mol. The van der Waals surface area contributed by atoms with Crippen LogP contribution in [0.4, 0.5) is 8.78 Å². The van der Waals surface area contributed by atoms with Crippen molar-refractivity contribution in [1.82, 2.24) is 9.55 Å². The zero-order chi connectivity index (χ0) is 14.0. The van der Waals surface area contributed by atoms with Gasteiger partial charge in [-0.2, -0.15) is 0 Å². The normalized spacial score (nSPS) is 11.4. The second kappa shape index (κ2) is 5.56. The zero-order valence-electron chi connectivity index (χ0n) is 10.1. The highest BCUT2D eigenvalue weighted by atomic mass is 32.2. The Balaban J connectivity index is 2.44. The Morgan fingerprint density at radius 2 is 2.26 bits per heavy atom. The standard InChI is InChI=1S/C12H12F2N2O2S/c1-7-2-3-9-8(4-7)15-12(19-6-11(17)18)16(9)5-10(13)14/h2-4,10H,5-6H2,1H3,(H,17,18). The Labute approximate surface area is 112 Å². The van der Waals surface area contributed by atoms with E-state index in [-0.39, 0.29) is 5.75 Å². The summed E-state index contributed by atoms with van der Waals surface area (Å²) < 4.78 is 26.6. The van der Waals surface area contributed by atoms with Crippen LogP contribution in [0, 0.1) is 6.92 Å². The Hall–Kier alpha value is -1.63. The SMILES string of the molecule is Cc1ccc2c(c1)nc(SCC(=O)O)n2CC(F)F. The molecule has 2 rings (SSSR count). The Morgan fingerprint density at radius 3 is 2.89 bits per heavy atom. The molecule has 0 spiro atoms.